The number of carboxylic acid groups (broad SMARTS) is 1. The molecule has 7 nitrogen and oxygen atoms in total. The molecule has 1 aliphatic heterocycles. The van der Waals surface area contributed by atoms with Crippen LogP contribution in [0.15, 0.2) is 12.1 Å². The molecule has 1 aliphatic rings. The molecule has 0 bridgehead atoms. The summed E-state index contributed by atoms with van der Waals surface area (Å²) in [4.78, 5) is 13.1. The van der Waals surface area contributed by atoms with E-state index in [4.69, 9.17) is 5.11 Å². The van der Waals surface area contributed by atoms with E-state index in [1.54, 1.807) is 0 Å². The van der Waals surface area contributed by atoms with Crippen LogP contribution in [-0.4, -0.2) is 42.5 Å². The monoisotopic (exact) mass is 345 g/mol. The maximum atomic E-state index is 10.7. The van der Waals surface area contributed by atoms with Gasteiger partial charge in [-0.15, -0.1) is 0 Å². The molecule has 0 spiro atoms. The third kappa shape index (κ3) is 4.48. The fourth-order valence-corrected chi connectivity index (χ4v) is 3.15. The third-order valence-corrected chi connectivity index (χ3v) is 4.53. The van der Waals surface area contributed by atoms with E-state index in [-0.39, 0.29) is 11.8 Å². The van der Waals surface area contributed by atoms with Gasteiger partial charge in [0.15, 0.2) is 0 Å². The summed E-state index contributed by atoms with van der Waals surface area (Å²) in [6.45, 7) is 10.0. The van der Waals surface area contributed by atoms with Crippen molar-refractivity contribution in [1.82, 2.24) is 24.9 Å². The molecule has 2 aromatic heterocycles. The van der Waals surface area contributed by atoms with E-state index >= 15 is 0 Å². The molecule has 3 heterocycles. The molecule has 25 heavy (non-hydrogen) atoms. The summed E-state index contributed by atoms with van der Waals surface area (Å²) < 4.78 is 2.03. The molecule has 0 fully saturated rings. The van der Waals surface area contributed by atoms with Gasteiger partial charge in [-0.1, -0.05) is 20.8 Å². The van der Waals surface area contributed by atoms with Crippen LogP contribution in [0, 0.1) is 0 Å². The molecule has 0 saturated heterocycles. The molecule has 0 aliphatic carbocycles. The fourth-order valence-electron chi connectivity index (χ4n) is 3.15. The van der Waals surface area contributed by atoms with E-state index in [0.717, 1.165) is 55.4 Å². The Labute approximate surface area is 148 Å². The van der Waals surface area contributed by atoms with E-state index < -0.39 is 5.97 Å². The molecule has 0 aromatic carbocycles. The van der Waals surface area contributed by atoms with Crippen LogP contribution in [0.5, 0.6) is 0 Å². The number of hydrogen-bond acceptors (Lipinski definition) is 4. The van der Waals surface area contributed by atoms with Gasteiger partial charge in [0.2, 0.25) is 0 Å². The molecule has 2 N–H and O–H groups in total. The van der Waals surface area contributed by atoms with Crippen molar-refractivity contribution in [2.75, 3.05) is 6.54 Å². The van der Waals surface area contributed by atoms with Crippen LogP contribution in [0.3, 0.4) is 0 Å². The third-order valence-electron chi connectivity index (χ3n) is 4.53. The maximum Gasteiger partial charge on any atom is 0.303 e. The number of hydrogen-bond donors (Lipinski definition) is 2. The van der Waals surface area contributed by atoms with Crippen LogP contribution >= 0.6 is 0 Å². The van der Waals surface area contributed by atoms with Crippen molar-refractivity contribution in [2.24, 2.45) is 0 Å². The van der Waals surface area contributed by atoms with Crippen LogP contribution in [0.4, 0.5) is 0 Å². The smallest absolute Gasteiger partial charge is 0.303 e. The van der Waals surface area contributed by atoms with Gasteiger partial charge in [0.1, 0.15) is 0 Å². The Morgan fingerprint density at radius 1 is 1.32 bits per heavy atom. The van der Waals surface area contributed by atoms with Gasteiger partial charge in [-0.3, -0.25) is 19.5 Å². The molecule has 0 radical (unpaired) electrons. The molecule has 0 amide bonds. The highest BCUT2D eigenvalue weighted by Crippen LogP contribution is 2.22. The van der Waals surface area contributed by atoms with E-state index in [1.807, 2.05) is 4.68 Å². The summed E-state index contributed by atoms with van der Waals surface area (Å²) in [6.07, 6.45) is 1.65. The largest absolute Gasteiger partial charge is 0.481 e. The number of aliphatic carboxylic acids is 1. The van der Waals surface area contributed by atoms with E-state index in [2.05, 4.69) is 53.1 Å². The first kappa shape index (κ1) is 17.7. The zero-order chi connectivity index (χ0) is 18.0. The minimum Gasteiger partial charge on any atom is -0.481 e. The molecule has 7 heteroatoms. The number of H-pyrrole nitrogens is 1. The molecular formula is C18H27N5O2. The van der Waals surface area contributed by atoms with Crippen molar-refractivity contribution in [1.29, 1.82) is 0 Å². The summed E-state index contributed by atoms with van der Waals surface area (Å²) in [7, 11) is 0. The second-order valence-corrected chi connectivity index (χ2v) is 7.84. The fraction of sp³-hybridized carbons (Fsp3) is 0.611. The lowest BCUT2D eigenvalue weighted by Crippen LogP contribution is -2.23. The number of rotatable bonds is 5. The second-order valence-electron chi connectivity index (χ2n) is 7.84. The average molecular weight is 345 g/mol. The van der Waals surface area contributed by atoms with Crippen molar-refractivity contribution < 1.29 is 9.90 Å². The van der Waals surface area contributed by atoms with Gasteiger partial charge >= 0.3 is 5.97 Å². The van der Waals surface area contributed by atoms with Gasteiger partial charge < -0.3 is 5.11 Å². The zero-order valence-electron chi connectivity index (χ0n) is 15.2. The van der Waals surface area contributed by atoms with Crippen molar-refractivity contribution in [2.45, 2.75) is 65.1 Å². The minimum atomic E-state index is -0.779. The number of aromatic amines is 1. The van der Waals surface area contributed by atoms with Gasteiger partial charge in [0, 0.05) is 43.7 Å². The van der Waals surface area contributed by atoms with Gasteiger partial charge in [-0.05, 0) is 18.6 Å². The minimum absolute atomic E-state index is 0.0468. The van der Waals surface area contributed by atoms with Gasteiger partial charge in [0.25, 0.3) is 0 Å². The summed E-state index contributed by atoms with van der Waals surface area (Å²) in [5.41, 5.74) is 4.29. The summed E-state index contributed by atoms with van der Waals surface area (Å²) in [5.74, 6) is -0.779. The molecule has 0 atom stereocenters. The first-order valence-electron chi connectivity index (χ1n) is 8.86. The SMILES string of the molecule is CC(C)(C)c1cc(CN2CCCn3nc(CCC(=O)O)cc3C2)[nH]n1. The quantitative estimate of drug-likeness (QED) is 0.868. The zero-order valence-corrected chi connectivity index (χ0v) is 15.2. The van der Waals surface area contributed by atoms with Crippen molar-refractivity contribution in [3.63, 3.8) is 0 Å². The Hall–Kier alpha value is -2.15. The Kier molecular flexibility index (Phi) is 4.94. The number of aryl methyl sites for hydroxylation is 2. The molecule has 0 saturated carbocycles. The van der Waals surface area contributed by atoms with Crippen molar-refractivity contribution in [3.05, 3.63) is 34.9 Å². The molecule has 0 unspecified atom stereocenters. The molecule has 3 rings (SSSR count). The number of fused-ring (bicyclic) bond motifs is 1. The number of nitrogens with zero attached hydrogens (tertiary/aromatic N) is 4. The molecule has 136 valence electrons. The van der Waals surface area contributed by atoms with Crippen molar-refractivity contribution >= 4 is 5.97 Å². The van der Waals surface area contributed by atoms with Gasteiger partial charge in [-0.2, -0.15) is 10.2 Å². The van der Waals surface area contributed by atoms with Gasteiger partial charge in [-0.25, -0.2) is 0 Å². The summed E-state index contributed by atoms with van der Waals surface area (Å²) in [6, 6.07) is 4.20. The Bertz CT molecular complexity index is 741. The van der Waals surface area contributed by atoms with Crippen LogP contribution in [-0.2, 0) is 36.3 Å². The standard InChI is InChI=1S/C18H27N5O2/c1-18(2,3)16-10-14(19-20-16)11-22-7-4-8-23-15(12-22)9-13(21-23)5-6-17(24)25/h9-10H,4-8,11-12H2,1-3H3,(H,19,20)(H,24,25). The number of carbonyl (C=O) groups is 1. The number of nitrogens with one attached hydrogen (secondary N) is 1. The van der Waals surface area contributed by atoms with Crippen molar-refractivity contribution in [3.8, 4) is 0 Å². The Morgan fingerprint density at radius 3 is 2.80 bits per heavy atom. The summed E-state index contributed by atoms with van der Waals surface area (Å²) >= 11 is 0. The topological polar surface area (TPSA) is 87.0 Å². The van der Waals surface area contributed by atoms with E-state index in [9.17, 15) is 4.79 Å². The summed E-state index contributed by atoms with van der Waals surface area (Å²) in [5, 5.41) is 21.0. The van der Waals surface area contributed by atoms with Crippen LogP contribution < -0.4 is 0 Å². The predicted molar refractivity (Wildman–Crippen MR) is 94.2 cm³/mol. The normalized spacial score (nSPS) is 15.8. The van der Waals surface area contributed by atoms with E-state index in [0.29, 0.717) is 6.42 Å². The lowest BCUT2D eigenvalue weighted by Gasteiger charge is -2.18. The van der Waals surface area contributed by atoms with Crippen LogP contribution in [0.1, 0.15) is 56.4 Å². The number of aromatic nitrogens is 4. The Morgan fingerprint density at radius 2 is 2.12 bits per heavy atom. The molecule has 2 aromatic rings. The van der Waals surface area contributed by atoms with Crippen LogP contribution in [0.25, 0.3) is 0 Å². The highest BCUT2D eigenvalue weighted by atomic mass is 16.4. The average Bonchev–Trinajstić information content (AvgIpc) is 3.08. The first-order valence-corrected chi connectivity index (χ1v) is 8.86. The lowest BCUT2D eigenvalue weighted by atomic mass is 9.92. The molecular weight excluding hydrogens is 318 g/mol. The highest BCUT2D eigenvalue weighted by Gasteiger charge is 2.20. The maximum absolute atomic E-state index is 10.7. The van der Waals surface area contributed by atoms with Crippen LogP contribution in [0.2, 0.25) is 0 Å². The number of carboxylic acids is 1. The highest BCUT2D eigenvalue weighted by molar-refractivity contribution is 5.66. The lowest BCUT2D eigenvalue weighted by molar-refractivity contribution is -0.136. The predicted octanol–water partition coefficient (Wildman–Crippen LogP) is 2.33. The van der Waals surface area contributed by atoms with E-state index in [1.165, 1.54) is 0 Å². The second kappa shape index (κ2) is 7.00. The van der Waals surface area contributed by atoms with Gasteiger partial charge in [0.05, 0.1) is 23.5 Å². The first-order chi connectivity index (χ1) is 11.8. The Balaban J connectivity index is 1.66.